The number of aliphatic hydroxyl groups is 1. The maximum Gasteiger partial charge on any atom is 0.119 e. The van der Waals surface area contributed by atoms with Crippen molar-refractivity contribution in [1.82, 2.24) is 0 Å². The minimum absolute atomic E-state index is 0.477. The van der Waals surface area contributed by atoms with Crippen LogP contribution in [0.25, 0.3) is 0 Å². The van der Waals surface area contributed by atoms with Gasteiger partial charge in [-0.15, -0.1) is 0 Å². The van der Waals surface area contributed by atoms with Gasteiger partial charge in [0.2, 0.25) is 0 Å². The first-order chi connectivity index (χ1) is 8.22. The zero-order chi connectivity index (χ0) is 11.9. The fourth-order valence-electron chi connectivity index (χ4n) is 3.66. The Morgan fingerprint density at radius 2 is 2.06 bits per heavy atom. The van der Waals surface area contributed by atoms with Crippen molar-refractivity contribution < 1.29 is 9.84 Å². The van der Waals surface area contributed by atoms with Gasteiger partial charge < -0.3 is 9.84 Å². The SMILES string of the molecule is CCOc1ccc(C2(O)CC3CCC2C3)cc1. The summed E-state index contributed by atoms with van der Waals surface area (Å²) in [6, 6.07) is 8.02. The maximum absolute atomic E-state index is 10.8. The Kier molecular flexibility index (Phi) is 2.62. The lowest BCUT2D eigenvalue weighted by molar-refractivity contribution is -0.0182. The maximum atomic E-state index is 10.8. The van der Waals surface area contributed by atoms with Gasteiger partial charge in [0.1, 0.15) is 5.75 Å². The average Bonchev–Trinajstić information content (AvgIpc) is 2.90. The van der Waals surface area contributed by atoms with Gasteiger partial charge in [-0.3, -0.25) is 0 Å². The second kappa shape index (κ2) is 4.02. The van der Waals surface area contributed by atoms with Crippen LogP contribution in [0.3, 0.4) is 0 Å². The summed E-state index contributed by atoms with van der Waals surface area (Å²) in [7, 11) is 0. The molecule has 3 rings (SSSR count). The van der Waals surface area contributed by atoms with Crippen molar-refractivity contribution in [1.29, 1.82) is 0 Å². The van der Waals surface area contributed by atoms with E-state index in [9.17, 15) is 5.11 Å². The fraction of sp³-hybridized carbons (Fsp3) is 0.600. The Bertz CT molecular complexity index is 398. The summed E-state index contributed by atoms with van der Waals surface area (Å²) >= 11 is 0. The number of ether oxygens (including phenoxy) is 1. The van der Waals surface area contributed by atoms with Crippen LogP contribution in [0.2, 0.25) is 0 Å². The van der Waals surface area contributed by atoms with E-state index < -0.39 is 5.60 Å². The second-order valence-corrected chi connectivity index (χ2v) is 5.46. The van der Waals surface area contributed by atoms with Gasteiger partial charge in [-0.2, -0.15) is 0 Å². The van der Waals surface area contributed by atoms with Crippen molar-refractivity contribution in [2.24, 2.45) is 11.8 Å². The molecular formula is C15H20O2. The van der Waals surface area contributed by atoms with Crippen LogP contribution in [0, 0.1) is 11.8 Å². The van der Waals surface area contributed by atoms with E-state index in [0.29, 0.717) is 12.5 Å². The van der Waals surface area contributed by atoms with Crippen molar-refractivity contribution in [2.75, 3.05) is 6.61 Å². The largest absolute Gasteiger partial charge is 0.494 e. The van der Waals surface area contributed by atoms with Crippen LogP contribution in [-0.4, -0.2) is 11.7 Å². The van der Waals surface area contributed by atoms with E-state index in [1.54, 1.807) is 0 Å². The van der Waals surface area contributed by atoms with Gasteiger partial charge in [-0.1, -0.05) is 12.1 Å². The standard InChI is InChI=1S/C15H20O2/c1-2-17-14-7-5-12(6-8-14)15(16)10-11-3-4-13(15)9-11/h5-8,11,13,16H,2-4,9-10H2,1H3. The Hall–Kier alpha value is -1.02. The molecule has 2 fully saturated rings. The van der Waals surface area contributed by atoms with Gasteiger partial charge in [0.05, 0.1) is 12.2 Å². The lowest BCUT2D eigenvalue weighted by Crippen LogP contribution is -2.32. The quantitative estimate of drug-likeness (QED) is 0.867. The first-order valence-corrected chi connectivity index (χ1v) is 6.68. The molecule has 1 aromatic carbocycles. The first-order valence-electron chi connectivity index (χ1n) is 6.68. The van der Waals surface area contributed by atoms with Gasteiger partial charge in [-0.25, -0.2) is 0 Å². The molecule has 0 spiro atoms. The highest BCUT2D eigenvalue weighted by atomic mass is 16.5. The van der Waals surface area contributed by atoms with Crippen LogP contribution in [0.5, 0.6) is 5.75 Å². The van der Waals surface area contributed by atoms with Crippen molar-refractivity contribution in [3.05, 3.63) is 29.8 Å². The van der Waals surface area contributed by atoms with Gasteiger partial charge >= 0.3 is 0 Å². The molecule has 3 unspecified atom stereocenters. The highest BCUT2D eigenvalue weighted by molar-refractivity contribution is 5.32. The van der Waals surface area contributed by atoms with Crippen LogP contribution in [-0.2, 0) is 5.60 Å². The molecule has 0 aliphatic heterocycles. The molecule has 1 N–H and O–H groups in total. The predicted molar refractivity (Wildman–Crippen MR) is 67.0 cm³/mol. The minimum atomic E-state index is -0.562. The van der Waals surface area contributed by atoms with E-state index in [1.165, 1.54) is 19.3 Å². The molecule has 0 amide bonds. The van der Waals surface area contributed by atoms with Crippen molar-refractivity contribution in [3.8, 4) is 5.75 Å². The smallest absolute Gasteiger partial charge is 0.119 e. The number of benzene rings is 1. The molecule has 0 radical (unpaired) electrons. The lowest BCUT2D eigenvalue weighted by atomic mass is 9.79. The molecule has 3 atom stereocenters. The molecule has 0 heterocycles. The van der Waals surface area contributed by atoms with Gasteiger partial charge in [-0.05, 0) is 62.1 Å². The number of hydrogen-bond donors (Lipinski definition) is 1. The Labute approximate surface area is 103 Å². The van der Waals surface area contributed by atoms with Crippen LogP contribution in [0.1, 0.15) is 38.2 Å². The number of rotatable bonds is 3. The molecule has 17 heavy (non-hydrogen) atoms. The van der Waals surface area contributed by atoms with E-state index in [4.69, 9.17) is 4.74 Å². The molecule has 0 aromatic heterocycles. The first kappa shape index (κ1) is 11.1. The fourth-order valence-corrected chi connectivity index (χ4v) is 3.66. The van der Waals surface area contributed by atoms with E-state index >= 15 is 0 Å². The summed E-state index contributed by atoms with van der Waals surface area (Å²) in [5.41, 5.74) is 0.515. The molecular weight excluding hydrogens is 212 g/mol. The summed E-state index contributed by atoms with van der Waals surface area (Å²) in [4.78, 5) is 0. The summed E-state index contributed by atoms with van der Waals surface area (Å²) in [5, 5.41) is 10.8. The molecule has 1 aromatic rings. The second-order valence-electron chi connectivity index (χ2n) is 5.46. The van der Waals surface area contributed by atoms with Gasteiger partial charge in [0.25, 0.3) is 0 Å². The topological polar surface area (TPSA) is 29.5 Å². The summed E-state index contributed by atoms with van der Waals surface area (Å²) < 4.78 is 5.44. The molecule has 2 heteroatoms. The van der Waals surface area contributed by atoms with Crippen molar-refractivity contribution in [3.63, 3.8) is 0 Å². The number of fused-ring (bicyclic) bond motifs is 2. The molecule has 92 valence electrons. The summed E-state index contributed by atoms with van der Waals surface area (Å²) in [6.45, 7) is 2.67. The summed E-state index contributed by atoms with van der Waals surface area (Å²) in [5.74, 6) is 2.12. The monoisotopic (exact) mass is 232 g/mol. The average molecular weight is 232 g/mol. The Morgan fingerprint density at radius 1 is 1.29 bits per heavy atom. The third-order valence-corrected chi connectivity index (χ3v) is 4.48. The lowest BCUT2D eigenvalue weighted by Gasteiger charge is -2.33. The molecule has 2 aliphatic rings. The Morgan fingerprint density at radius 3 is 2.59 bits per heavy atom. The minimum Gasteiger partial charge on any atom is -0.494 e. The highest BCUT2D eigenvalue weighted by Gasteiger charge is 2.50. The zero-order valence-electron chi connectivity index (χ0n) is 10.4. The van der Waals surface area contributed by atoms with E-state index in [1.807, 2.05) is 31.2 Å². The normalized spacial score (nSPS) is 35.2. The molecule has 2 bridgehead atoms. The van der Waals surface area contributed by atoms with Gasteiger partial charge in [0.15, 0.2) is 0 Å². The van der Waals surface area contributed by atoms with Crippen molar-refractivity contribution >= 4 is 0 Å². The highest BCUT2D eigenvalue weighted by Crippen LogP contribution is 2.55. The predicted octanol–water partition coefficient (Wildman–Crippen LogP) is 3.09. The van der Waals surface area contributed by atoms with E-state index in [2.05, 4.69) is 0 Å². The third kappa shape index (κ3) is 1.75. The summed E-state index contributed by atoms with van der Waals surface area (Å²) in [6.07, 6.45) is 4.66. The van der Waals surface area contributed by atoms with Crippen LogP contribution < -0.4 is 4.74 Å². The van der Waals surface area contributed by atoms with Crippen LogP contribution in [0.4, 0.5) is 0 Å². The Balaban J connectivity index is 1.84. The van der Waals surface area contributed by atoms with Gasteiger partial charge in [0, 0.05) is 0 Å². The van der Waals surface area contributed by atoms with Crippen molar-refractivity contribution in [2.45, 2.75) is 38.2 Å². The third-order valence-electron chi connectivity index (χ3n) is 4.48. The molecule has 2 saturated carbocycles. The molecule has 0 saturated heterocycles. The van der Waals surface area contributed by atoms with E-state index in [-0.39, 0.29) is 0 Å². The van der Waals surface area contributed by atoms with Crippen LogP contribution in [0.15, 0.2) is 24.3 Å². The zero-order valence-corrected chi connectivity index (χ0v) is 10.4. The van der Waals surface area contributed by atoms with Crippen LogP contribution >= 0.6 is 0 Å². The molecule has 2 aliphatic carbocycles. The number of hydrogen-bond acceptors (Lipinski definition) is 2. The molecule has 2 nitrogen and oxygen atoms in total. The van der Waals surface area contributed by atoms with E-state index in [0.717, 1.165) is 23.7 Å².